The van der Waals surface area contributed by atoms with E-state index in [2.05, 4.69) is 83.0 Å². The zero-order chi connectivity index (χ0) is 21.3. The number of unbranched alkanes of at least 4 members (excludes halogenated alkanes) is 1. The second-order valence-corrected chi connectivity index (χ2v) is 9.02. The number of thioether (sulfide) groups is 1. The summed E-state index contributed by atoms with van der Waals surface area (Å²) in [5.41, 5.74) is 3.10. The molecule has 1 fully saturated rings. The molecule has 1 saturated heterocycles. The van der Waals surface area contributed by atoms with Crippen LogP contribution in [0.3, 0.4) is 0 Å². The van der Waals surface area contributed by atoms with Gasteiger partial charge in [-0.1, -0.05) is 66.2 Å². The second-order valence-electron chi connectivity index (χ2n) is 8.14. The molecule has 3 aromatic rings. The molecule has 1 aliphatic heterocycles. The lowest BCUT2D eigenvalue weighted by atomic mass is 9.97. The van der Waals surface area contributed by atoms with E-state index in [0.29, 0.717) is 6.61 Å². The van der Waals surface area contributed by atoms with Gasteiger partial charge in [0.25, 0.3) is 0 Å². The first-order valence-corrected chi connectivity index (χ1v) is 12.6. The molecule has 162 valence electrons. The largest absolute Gasteiger partial charge is 0.395 e. The highest BCUT2D eigenvalue weighted by molar-refractivity contribution is 7.98. The van der Waals surface area contributed by atoms with Crippen molar-refractivity contribution in [3.63, 3.8) is 0 Å². The van der Waals surface area contributed by atoms with Gasteiger partial charge in [0.05, 0.1) is 0 Å². The molecule has 0 radical (unpaired) electrons. The lowest BCUT2D eigenvalue weighted by Gasteiger charge is -2.26. The summed E-state index contributed by atoms with van der Waals surface area (Å²) in [5, 5.41) is 7.07. The molecule has 1 heterocycles. The van der Waals surface area contributed by atoms with Gasteiger partial charge in [-0.15, -0.1) is 11.8 Å². The minimum Gasteiger partial charge on any atom is -0.395 e. The maximum absolute atomic E-state index is 5.86. The third kappa shape index (κ3) is 5.90. The minimum absolute atomic E-state index is 0.658. The summed E-state index contributed by atoms with van der Waals surface area (Å²) in [6, 6.07) is 23.5. The normalized spacial score (nSPS) is 15.3. The van der Waals surface area contributed by atoms with Crippen LogP contribution in [0.2, 0.25) is 0 Å². The van der Waals surface area contributed by atoms with Crippen molar-refractivity contribution >= 4 is 28.2 Å². The van der Waals surface area contributed by atoms with Crippen LogP contribution in [0.15, 0.2) is 76.8 Å². The van der Waals surface area contributed by atoms with Crippen molar-refractivity contribution in [1.82, 2.24) is 4.90 Å². The van der Waals surface area contributed by atoms with Crippen molar-refractivity contribution in [3.8, 4) is 0 Å². The summed E-state index contributed by atoms with van der Waals surface area (Å²) in [7, 11) is 0. The van der Waals surface area contributed by atoms with E-state index in [1.54, 1.807) is 11.8 Å². The van der Waals surface area contributed by atoms with Crippen LogP contribution in [0.5, 0.6) is 0 Å². The highest BCUT2D eigenvalue weighted by Crippen LogP contribution is 2.24. The Bertz CT molecular complexity index is 988. The van der Waals surface area contributed by atoms with Gasteiger partial charge in [0.1, 0.15) is 12.3 Å². The quantitative estimate of drug-likeness (QED) is 0.165. The SMILES string of the molecule is CSc1ccc(/C(=N/OCCCCN2CCCCC2)c2cccc3ccccc23)cc1. The lowest BCUT2D eigenvalue weighted by Crippen LogP contribution is -2.30. The Morgan fingerprint density at radius 2 is 1.68 bits per heavy atom. The molecule has 4 rings (SSSR count). The maximum atomic E-state index is 5.86. The van der Waals surface area contributed by atoms with Crippen LogP contribution in [-0.2, 0) is 4.84 Å². The van der Waals surface area contributed by atoms with E-state index in [0.717, 1.165) is 23.3 Å². The van der Waals surface area contributed by atoms with Crippen LogP contribution in [0.4, 0.5) is 0 Å². The average Bonchev–Trinajstić information content (AvgIpc) is 2.84. The zero-order valence-electron chi connectivity index (χ0n) is 18.4. The number of piperidine rings is 1. The molecule has 0 amide bonds. The maximum Gasteiger partial charge on any atom is 0.117 e. The van der Waals surface area contributed by atoms with Gasteiger partial charge >= 0.3 is 0 Å². The second kappa shape index (κ2) is 11.4. The molecule has 31 heavy (non-hydrogen) atoms. The molecule has 0 spiro atoms. The Morgan fingerprint density at radius 3 is 2.48 bits per heavy atom. The van der Waals surface area contributed by atoms with Gasteiger partial charge in [-0.25, -0.2) is 0 Å². The topological polar surface area (TPSA) is 24.8 Å². The van der Waals surface area contributed by atoms with Crippen molar-refractivity contribution in [2.75, 3.05) is 32.5 Å². The van der Waals surface area contributed by atoms with Crippen molar-refractivity contribution in [3.05, 3.63) is 77.9 Å². The third-order valence-electron chi connectivity index (χ3n) is 5.97. The van der Waals surface area contributed by atoms with Crippen LogP contribution in [0.25, 0.3) is 10.8 Å². The number of fused-ring (bicyclic) bond motifs is 1. The van der Waals surface area contributed by atoms with Gasteiger partial charge in [-0.2, -0.15) is 0 Å². The summed E-state index contributed by atoms with van der Waals surface area (Å²) in [4.78, 5) is 9.70. The van der Waals surface area contributed by atoms with Crippen molar-refractivity contribution < 1.29 is 4.84 Å². The number of oxime groups is 1. The van der Waals surface area contributed by atoms with Gasteiger partial charge < -0.3 is 9.74 Å². The highest BCUT2D eigenvalue weighted by Gasteiger charge is 2.12. The van der Waals surface area contributed by atoms with Gasteiger partial charge in [0, 0.05) is 16.0 Å². The molecule has 0 N–H and O–H groups in total. The van der Waals surface area contributed by atoms with E-state index in [1.165, 1.54) is 61.0 Å². The van der Waals surface area contributed by atoms with E-state index in [1.807, 2.05) is 0 Å². The monoisotopic (exact) mass is 432 g/mol. The predicted octanol–water partition coefficient (Wildman–Crippen LogP) is 6.60. The fourth-order valence-corrected chi connectivity index (χ4v) is 4.64. The molecule has 0 unspecified atom stereocenters. The lowest BCUT2D eigenvalue weighted by molar-refractivity contribution is 0.134. The van der Waals surface area contributed by atoms with Crippen molar-refractivity contribution in [2.45, 2.75) is 37.0 Å². The Hall–Kier alpha value is -2.30. The number of hydrogen-bond acceptors (Lipinski definition) is 4. The molecule has 3 aromatic carbocycles. The van der Waals surface area contributed by atoms with Gasteiger partial charge in [0.15, 0.2) is 0 Å². The third-order valence-corrected chi connectivity index (χ3v) is 6.72. The molecule has 0 aliphatic carbocycles. The number of benzene rings is 3. The van der Waals surface area contributed by atoms with E-state index in [4.69, 9.17) is 4.84 Å². The Kier molecular flexibility index (Phi) is 8.03. The molecular weight excluding hydrogens is 400 g/mol. The summed E-state index contributed by atoms with van der Waals surface area (Å²) < 4.78 is 0. The predicted molar refractivity (Wildman–Crippen MR) is 133 cm³/mol. The van der Waals surface area contributed by atoms with Crippen LogP contribution >= 0.6 is 11.8 Å². The molecule has 0 saturated carbocycles. The van der Waals surface area contributed by atoms with E-state index < -0.39 is 0 Å². The molecule has 0 atom stereocenters. The molecule has 3 nitrogen and oxygen atoms in total. The van der Waals surface area contributed by atoms with Crippen LogP contribution in [0.1, 0.15) is 43.2 Å². The smallest absolute Gasteiger partial charge is 0.117 e. The van der Waals surface area contributed by atoms with Crippen LogP contribution < -0.4 is 0 Å². The minimum atomic E-state index is 0.658. The molecule has 4 heteroatoms. The van der Waals surface area contributed by atoms with E-state index in [-0.39, 0.29) is 0 Å². The van der Waals surface area contributed by atoms with E-state index >= 15 is 0 Å². The fourth-order valence-electron chi connectivity index (χ4n) is 4.23. The Labute approximate surface area is 190 Å². The van der Waals surface area contributed by atoms with Crippen LogP contribution in [0, 0.1) is 0 Å². The number of nitrogens with zero attached hydrogens (tertiary/aromatic N) is 2. The summed E-state index contributed by atoms with van der Waals surface area (Å²) >= 11 is 1.75. The van der Waals surface area contributed by atoms with Gasteiger partial charge in [0.2, 0.25) is 0 Å². The molecule has 1 aliphatic rings. The Morgan fingerprint density at radius 1 is 0.903 bits per heavy atom. The first-order chi connectivity index (χ1) is 15.3. The first-order valence-electron chi connectivity index (χ1n) is 11.4. The Balaban J connectivity index is 1.48. The fraction of sp³-hybridized carbons (Fsp3) is 0.370. The zero-order valence-corrected chi connectivity index (χ0v) is 19.2. The average molecular weight is 433 g/mol. The summed E-state index contributed by atoms with van der Waals surface area (Å²) in [6.07, 6.45) is 8.40. The standard InChI is InChI=1S/C27H32N2OS/c1-31-24-16-14-23(15-17-24)27(26-13-9-11-22-10-3-4-12-25(22)26)28-30-21-8-7-20-29-18-5-2-6-19-29/h3-4,9-17H,2,5-8,18-21H2,1H3/b28-27-. The van der Waals surface area contributed by atoms with Crippen molar-refractivity contribution in [1.29, 1.82) is 0 Å². The van der Waals surface area contributed by atoms with Crippen LogP contribution in [-0.4, -0.2) is 43.1 Å². The van der Waals surface area contributed by atoms with E-state index in [9.17, 15) is 0 Å². The molecule has 0 bridgehead atoms. The van der Waals surface area contributed by atoms with Gasteiger partial charge in [-0.05, 0) is 74.5 Å². The number of rotatable bonds is 9. The summed E-state index contributed by atoms with van der Waals surface area (Å²) in [6.45, 7) is 4.36. The highest BCUT2D eigenvalue weighted by atomic mass is 32.2. The summed E-state index contributed by atoms with van der Waals surface area (Å²) in [5.74, 6) is 0. The van der Waals surface area contributed by atoms with Crippen molar-refractivity contribution in [2.24, 2.45) is 5.16 Å². The first kappa shape index (κ1) is 21.9. The van der Waals surface area contributed by atoms with Gasteiger partial charge in [-0.3, -0.25) is 0 Å². The number of likely N-dealkylation sites (tertiary alicyclic amines) is 1. The molecule has 0 aromatic heterocycles. The molecular formula is C27H32N2OS. The number of hydrogen-bond donors (Lipinski definition) is 0.